The summed E-state index contributed by atoms with van der Waals surface area (Å²) >= 11 is 0. The summed E-state index contributed by atoms with van der Waals surface area (Å²) in [4.78, 5) is 25.9. The van der Waals surface area contributed by atoms with Crippen molar-refractivity contribution in [3.8, 4) is 0 Å². The third-order valence-corrected chi connectivity index (χ3v) is 5.76. The van der Waals surface area contributed by atoms with Crippen molar-refractivity contribution >= 4 is 17.5 Å². The van der Waals surface area contributed by atoms with Crippen molar-refractivity contribution < 1.29 is 9.59 Å². The van der Waals surface area contributed by atoms with Gasteiger partial charge in [0.2, 0.25) is 11.8 Å². The van der Waals surface area contributed by atoms with Gasteiger partial charge in [-0.1, -0.05) is 25.0 Å². The van der Waals surface area contributed by atoms with Crippen LogP contribution in [0.2, 0.25) is 0 Å². The second-order valence-electron chi connectivity index (χ2n) is 7.67. The molecule has 1 aliphatic carbocycles. The molecule has 1 heterocycles. The molecule has 1 aliphatic heterocycles. The number of anilines is 1. The Kier molecular flexibility index (Phi) is 5.42. The van der Waals surface area contributed by atoms with E-state index in [1.54, 1.807) is 0 Å². The second-order valence-corrected chi connectivity index (χ2v) is 7.67. The maximum atomic E-state index is 12.2. The normalized spacial score (nSPS) is 18.3. The molecule has 0 radical (unpaired) electrons. The average molecular weight is 343 g/mol. The van der Waals surface area contributed by atoms with Crippen LogP contribution in [0, 0.1) is 0 Å². The average Bonchev–Trinajstić information content (AvgIpc) is 3.19. The van der Waals surface area contributed by atoms with Gasteiger partial charge in [0.25, 0.3) is 0 Å². The van der Waals surface area contributed by atoms with Crippen LogP contribution in [0.1, 0.15) is 49.7 Å². The first kappa shape index (κ1) is 17.9. The van der Waals surface area contributed by atoms with Crippen LogP contribution in [-0.4, -0.2) is 42.9 Å². The number of rotatable bonds is 7. The number of hydrogen-bond donors (Lipinski definition) is 2. The standard InChI is InChI=1S/C20H29N3O2/c1-23(2)20(10-3-4-11-20)14-21-18(24)7-5-6-15-8-9-17-16(12-15)13-19(25)22-17/h8-9,12H,3-7,10-11,13-14H2,1-2H3,(H,21,24)(H,22,25). The Morgan fingerprint density at radius 3 is 2.76 bits per heavy atom. The van der Waals surface area contributed by atoms with Gasteiger partial charge in [-0.25, -0.2) is 0 Å². The minimum absolute atomic E-state index is 0.0632. The minimum atomic E-state index is 0.0632. The fourth-order valence-electron chi connectivity index (χ4n) is 4.06. The highest BCUT2D eigenvalue weighted by Gasteiger charge is 2.35. The molecule has 3 rings (SSSR count). The van der Waals surface area contributed by atoms with E-state index in [-0.39, 0.29) is 17.4 Å². The molecule has 1 fully saturated rings. The first-order valence-electron chi connectivity index (χ1n) is 9.34. The van der Waals surface area contributed by atoms with E-state index in [0.717, 1.165) is 30.6 Å². The van der Waals surface area contributed by atoms with Crippen molar-refractivity contribution in [3.63, 3.8) is 0 Å². The number of likely N-dealkylation sites (N-methyl/N-ethyl adjacent to an activating group) is 1. The third kappa shape index (κ3) is 4.21. The summed E-state index contributed by atoms with van der Waals surface area (Å²) in [5.41, 5.74) is 3.34. The molecule has 1 aromatic rings. The monoisotopic (exact) mass is 343 g/mol. The highest BCUT2D eigenvalue weighted by atomic mass is 16.2. The summed E-state index contributed by atoms with van der Waals surface area (Å²) in [7, 11) is 4.23. The third-order valence-electron chi connectivity index (χ3n) is 5.76. The molecule has 5 nitrogen and oxygen atoms in total. The molecular weight excluding hydrogens is 314 g/mol. The maximum absolute atomic E-state index is 12.2. The zero-order valence-corrected chi connectivity index (χ0v) is 15.4. The van der Waals surface area contributed by atoms with Gasteiger partial charge in [0.05, 0.1) is 6.42 Å². The van der Waals surface area contributed by atoms with Crippen LogP contribution in [0.15, 0.2) is 18.2 Å². The molecule has 0 atom stereocenters. The minimum Gasteiger partial charge on any atom is -0.354 e. The fraction of sp³-hybridized carbons (Fsp3) is 0.600. The molecule has 0 bridgehead atoms. The van der Waals surface area contributed by atoms with E-state index >= 15 is 0 Å². The van der Waals surface area contributed by atoms with E-state index in [4.69, 9.17) is 0 Å². The molecule has 2 amide bonds. The molecule has 2 N–H and O–H groups in total. The smallest absolute Gasteiger partial charge is 0.228 e. The molecule has 1 aromatic carbocycles. The summed E-state index contributed by atoms with van der Waals surface area (Å²) in [5.74, 6) is 0.208. The summed E-state index contributed by atoms with van der Waals surface area (Å²) in [6.45, 7) is 0.755. The van der Waals surface area contributed by atoms with Gasteiger partial charge in [-0.3, -0.25) is 9.59 Å². The van der Waals surface area contributed by atoms with Crippen LogP contribution in [-0.2, 0) is 22.4 Å². The molecule has 0 saturated heterocycles. The van der Waals surface area contributed by atoms with Crippen molar-refractivity contribution in [2.45, 2.75) is 56.9 Å². The lowest BCUT2D eigenvalue weighted by molar-refractivity contribution is -0.121. The number of carbonyl (C=O) groups is 2. The lowest BCUT2D eigenvalue weighted by atomic mass is 9.96. The highest BCUT2D eigenvalue weighted by molar-refractivity contribution is 5.99. The van der Waals surface area contributed by atoms with E-state index < -0.39 is 0 Å². The maximum Gasteiger partial charge on any atom is 0.228 e. The van der Waals surface area contributed by atoms with Gasteiger partial charge in [0, 0.05) is 24.2 Å². The molecule has 25 heavy (non-hydrogen) atoms. The van der Waals surface area contributed by atoms with Crippen molar-refractivity contribution in [3.05, 3.63) is 29.3 Å². The van der Waals surface area contributed by atoms with Crippen LogP contribution < -0.4 is 10.6 Å². The molecule has 1 saturated carbocycles. The number of fused-ring (bicyclic) bond motifs is 1. The van der Waals surface area contributed by atoms with Gasteiger partial charge in [-0.2, -0.15) is 0 Å². The molecule has 0 aromatic heterocycles. The van der Waals surface area contributed by atoms with Crippen molar-refractivity contribution in [2.75, 3.05) is 26.0 Å². The predicted molar refractivity (Wildman–Crippen MR) is 99.6 cm³/mol. The number of aryl methyl sites for hydroxylation is 1. The van der Waals surface area contributed by atoms with Crippen LogP contribution in [0.4, 0.5) is 5.69 Å². The number of hydrogen-bond acceptors (Lipinski definition) is 3. The van der Waals surface area contributed by atoms with E-state index in [9.17, 15) is 9.59 Å². The summed E-state index contributed by atoms with van der Waals surface area (Å²) in [5, 5.41) is 5.99. The first-order chi connectivity index (χ1) is 12.0. The lowest BCUT2D eigenvalue weighted by Gasteiger charge is -2.36. The Morgan fingerprint density at radius 1 is 1.28 bits per heavy atom. The summed E-state index contributed by atoms with van der Waals surface area (Å²) < 4.78 is 0. The van der Waals surface area contributed by atoms with Crippen LogP contribution in [0.3, 0.4) is 0 Å². The van der Waals surface area contributed by atoms with Gasteiger partial charge in [-0.05, 0) is 57.0 Å². The SMILES string of the molecule is CN(C)C1(CNC(=O)CCCc2ccc3c(c2)CC(=O)N3)CCCC1. The first-order valence-corrected chi connectivity index (χ1v) is 9.34. The Balaban J connectivity index is 1.42. The molecule has 0 spiro atoms. The number of amides is 2. The van der Waals surface area contributed by atoms with E-state index in [2.05, 4.69) is 35.7 Å². The largest absolute Gasteiger partial charge is 0.354 e. The van der Waals surface area contributed by atoms with E-state index in [1.165, 1.54) is 31.2 Å². The molecule has 2 aliphatic rings. The Bertz CT molecular complexity index is 648. The van der Waals surface area contributed by atoms with Crippen LogP contribution >= 0.6 is 0 Å². The van der Waals surface area contributed by atoms with Gasteiger partial charge in [-0.15, -0.1) is 0 Å². The van der Waals surface area contributed by atoms with Gasteiger partial charge in [0.1, 0.15) is 0 Å². The van der Waals surface area contributed by atoms with Gasteiger partial charge >= 0.3 is 0 Å². The number of carbonyl (C=O) groups excluding carboxylic acids is 2. The molecule has 0 unspecified atom stereocenters. The number of nitrogens with zero attached hydrogens (tertiary/aromatic N) is 1. The predicted octanol–water partition coefficient (Wildman–Crippen LogP) is 2.49. The lowest BCUT2D eigenvalue weighted by Crippen LogP contribution is -2.50. The number of benzene rings is 1. The van der Waals surface area contributed by atoms with Crippen LogP contribution in [0.25, 0.3) is 0 Å². The number of nitrogens with one attached hydrogen (secondary N) is 2. The quantitative estimate of drug-likeness (QED) is 0.800. The van der Waals surface area contributed by atoms with E-state index in [1.807, 2.05) is 12.1 Å². The Morgan fingerprint density at radius 2 is 2.04 bits per heavy atom. The van der Waals surface area contributed by atoms with Crippen molar-refractivity contribution in [1.29, 1.82) is 0 Å². The van der Waals surface area contributed by atoms with Crippen molar-refractivity contribution in [2.24, 2.45) is 0 Å². The summed E-state index contributed by atoms with van der Waals surface area (Å²) in [6, 6.07) is 6.10. The molecule has 5 heteroatoms. The fourth-order valence-corrected chi connectivity index (χ4v) is 4.06. The molecular formula is C20H29N3O2. The second kappa shape index (κ2) is 7.56. The molecule has 136 valence electrons. The van der Waals surface area contributed by atoms with Gasteiger partial charge < -0.3 is 15.5 Å². The van der Waals surface area contributed by atoms with Gasteiger partial charge in [0.15, 0.2) is 0 Å². The zero-order valence-electron chi connectivity index (χ0n) is 15.4. The Labute approximate surface area is 150 Å². The van der Waals surface area contributed by atoms with Crippen molar-refractivity contribution in [1.82, 2.24) is 10.2 Å². The Hall–Kier alpha value is -1.88. The topological polar surface area (TPSA) is 61.4 Å². The highest BCUT2D eigenvalue weighted by Crippen LogP contribution is 2.33. The van der Waals surface area contributed by atoms with Crippen LogP contribution in [0.5, 0.6) is 0 Å². The van der Waals surface area contributed by atoms with E-state index in [0.29, 0.717) is 12.8 Å². The summed E-state index contributed by atoms with van der Waals surface area (Å²) in [6.07, 6.45) is 7.57. The zero-order chi connectivity index (χ0) is 17.9.